The van der Waals surface area contributed by atoms with Gasteiger partial charge < -0.3 is 5.11 Å². The minimum absolute atomic E-state index is 0.233. The second kappa shape index (κ2) is 4.81. The van der Waals surface area contributed by atoms with Crippen molar-refractivity contribution in [2.75, 3.05) is 6.61 Å². The number of unbranched alkanes of at least 4 members (excludes halogenated alkanes) is 2. The summed E-state index contributed by atoms with van der Waals surface area (Å²) in [4.78, 5) is 4.63. The monoisotopic (exact) mass is 186 g/mol. The fraction of sp³-hybridized carbons (Fsp3) is 0.750. The largest absolute Gasteiger partial charge is 0.385 e. The van der Waals surface area contributed by atoms with Crippen LogP contribution in [0.25, 0.3) is 0 Å². The van der Waals surface area contributed by atoms with Gasteiger partial charge >= 0.3 is 11.4 Å². The maximum absolute atomic E-state index is 10.8. The molecule has 0 fully saturated rings. The van der Waals surface area contributed by atoms with Crippen LogP contribution in [0, 0.1) is 5.21 Å². The van der Waals surface area contributed by atoms with Gasteiger partial charge in [-0.15, -0.1) is 0 Å². The Morgan fingerprint density at radius 1 is 1.54 bits per heavy atom. The number of aliphatic hydroxyl groups excluding tert-OH is 1. The summed E-state index contributed by atoms with van der Waals surface area (Å²) in [6.45, 7) is 1.79. The molecule has 0 aliphatic carbocycles. The molecule has 1 rings (SSSR count). The molecule has 1 N–H and O–H groups in total. The van der Waals surface area contributed by atoms with E-state index in [0.717, 1.165) is 19.3 Å². The SMILES string of the molecule is CCCCCC1=[N+]O[N+]([O-])=C1CO. The molecule has 0 bridgehead atoms. The minimum Gasteiger partial charge on any atom is -0.385 e. The first-order valence-electron chi connectivity index (χ1n) is 4.48. The molecule has 5 heteroatoms. The summed E-state index contributed by atoms with van der Waals surface area (Å²) in [6.07, 6.45) is 3.87. The van der Waals surface area contributed by atoms with Crippen molar-refractivity contribution < 1.29 is 14.9 Å². The molecule has 0 aromatic carbocycles. The molecule has 0 atom stereocenters. The summed E-state index contributed by atoms with van der Waals surface area (Å²) in [5.41, 5.74) is 0.807. The van der Waals surface area contributed by atoms with Gasteiger partial charge in [0.25, 0.3) is 5.16 Å². The summed E-state index contributed by atoms with van der Waals surface area (Å²) in [7, 11) is 0. The highest BCUT2D eigenvalue weighted by Gasteiger charge is 2.36. The number of aliphatic hydroxyl groups is 1. The molecule has 0 unspecified atom stereocenters. The first kappa shape index (κ1) is 9.98. The number of hydrogen-bond acceptors (Lipinski definition) is 4. The predicted octanol–water partition coefficient (Wildman–Crippen LogP) is 0.147. The van der Waals surface area contributed by atoms with E-state index < -0.39 is 0 Å². The van der Waals surface area contributed by atoms with Gasteiger partial charge in [0.15, 0.2) is 0 Å². The Labute approximate surface area is 76.9 Å². The van der Waals surface area contributed by atoms with Gasteiger partial charge in [-0.05, 0) is 6.42 Å². The Kier molecular flexibility index (Phi) is 3.70. The first-order chi connectivity index (χ1) is 6.29. The van der Waals surface area contributed by atoms with Gasteiger partial charge in [-0.25, -0.2) is 0 Å². The molecule has 0 amide bonds. The van der Waals surface area contributed by atoms with Crippen LogP contribution in [-0.2, 0) is 4.94 Å². The summed E-state index contributed by atoms with van der Waals surface area (Å²) >= 11 is 0. The lowest BCUT2D eigenvalue weighted by molar-refractivity contribution is -0.748. The van der Waals surface area contributed by atoms with Gasteiger partial charge in [-0.1, -0.05) is 24.7 Å². The molecule has 0 aromatic heterocycles. The molecule has 1 radical (unpaired) electrons. The Hall–Kier alpha value is -1.10. The lowest BCUT2D eigenvalue weighted by atomic mass is 10.1. The fourth-order valence-corrected chi connectivity index (χ4v) is 1.18. The van der Waals surface area contributed by atoms with E-state index in [1.807, 2.05) is 0 Å². The molecule has 0 saturated heterocycles. The van der Waals surface area contributed by atoms with Crippen molar-refractivity contribution in [1.82, 2.24) is 5.16 Å². The van der Waals surface area contributed by atoms with Gasteiger partial charge in [-0.2, -0.15) is 0 Å². The van der Waals surface area contributed by atoms with E-state index in [2.05, 4.69) is 17.0 Å². The Balaban J connectivity index is 2.43. The van der Waals surface area contributed by atoms with Crippen LogP contribution in [-0.4, -0.2) is 28.0 Å². The van der Waals surface area contributed by atoms with Crippen LogP contribution in [0.4, 0.5) is 0 Å². The van der Waals surface area contributed by atoms with Crippen molar-refractivity contribution >= 4 is 11.4 Å². The van der Waals surface area contributed by atoms with E-state index in [-0.39, 0.29) is 17.2 Å². The number of hydrogen-bond donors (Lipinski definition) is 1. The van der Waals surface area contributed by atoms with Crippen LogP contribution >= 0.6 is 0 Å². The van der Waals surface area contributed by atoms with Crippen LogP contribution in [0.3, 0.4) is 0 Å². The van der Waals surface area contributed by atoms with E-state index in [9.17, 15) is 5.21 Å². The quantitative estimate of drug-likeness (QED) is 0.490. The highest BCUT2D eigenvalue weighted by molar-refractivity contribution is 6.40. The average Bonchev–Trinajstić information content (AvgIpc) is 2.47. The van der Waals surface area contributed by atoms with Gasteiger partial charge in [0.05, 0.1) is 6.42 Å². The molecule has 0 saturated carbocycles. The topological polar surface area (TPSA) is 69.6 Å². The summed E-state index contributed by atoms with van der Waals surface area (Å²) in [5, 5.41) is 23.2. The van der Waals surface area contributed by atoms with Crippen molar-refractivity contribution in [1.29, 1.82) is 0 Å². The first-order valence-corrected chi connectivity index (χ1v) is 4.48. The van der Waals surface area contributed by atoms with Gasteiger partial charge in [0.1, 0.15) is 11.5 Å². The van der Waals surface area contributed by atoms with Crippen LogP contribution in [0.2, 0.25) is 0 Å². The third-order valence-corrected chi connectivity index (χ3v) is 1.95. The zero-order valence-corrected chi connectivity index (χ0v) is 7.69. The van der Waals surface area contributed by atoms with Crippen molar-refractivity contribution in [2.45, 2.75) is 32.6 Å². The normalized spacial score (nSPS) is 16.0. The van der Waals surface area contributed by atoms with Gasteiger partial charge in [0, 0.05) is 0 Å². The molecule has 5 nitrogen and oxygen atoms in total. The highest BCUT2D eigenvalue weighted by Crippen LogP contribution is 2.03. The average molecular weight is 186 g/mol. The van der Waals surface area contributed by atoms with Gasteiger partial charge in [-0.3, -0.25) is 5.21 Å². The van der Waals surface area contributed by atoms with E-state index in [1.165, 1.54) is 0 Å². The van der Waals surface area contributed by atoms with Crippen molar-refractivity contribution in [3.8, 4) is 0 Å². The lowest BCUT2D eigenvalue weighted by Gasteiger charge is -1.90. The maximum atomic E-state index is 10.8. The minimum atomic E-state index is -0.311. The van der Waals surface area contributed by atoms with Crippen LogP contribution in [0.5, 0.6) is 0 Å². The molecule has 0 spiro atoms. The zero-order chi connectivity index (χ0) is 9.68. The van der Waals surface area contributed by atoms with Crippen LogP contribution < -0.4 is 5.16 Å². The molecular weight excluding hydrogens is 172 g/mol. The third-order valence-electron chi connectivity index (χ3n) is 1.95. The third kappa shape index (κ3) is 2.42. The van der Waals surface area contributed by atoms with Crippen molar-refractivity contribution in [2.24, 2.45) is 0 Å². The smallest absolute Gasteiger partial charge is 0.369 e. The number of rotatable bonds is 5. The van der Waals surface area contributed by atoms with Crippen molar-refractivity contribution in [3.63, 3.8) is 0 Å². The summed E-state index contributed by atoms with van der Waals surface area (Å²) in [6, 6.07) is 0. The van der Waals surface area contributed by atoms with Crippen molar-refractivity contribution in [3.05, 3.63) is 5.21 Å². The summed E-state index contributed by atoms with van der Waals surface area (Å²) < 4.78 is 0. The second-order valence-corrected chi connectivity index (χ2v) is 2.94. The standard InChI is InChI=1S/C8H14N2O3/c1-2-3-4-5-7-8(6-11)10(12)13-9-7/h11H,2-6H2,1H3/q+1. The fourth-order valence-electron chi connectivity index (χ4n) is 1.18. The highest BCUT2D eigenvalue weighted by atomic mass is 16.9. The van der Waals surface area contributed by atoms with E-state index >= 15 is 0 Å². The van der Waals surface area contributed by atoms with E-state index in [0.29, 0.717) is 12.1 Å². The molecule has 0 aromatic rings. The molecular formula is C8H14N2O3+. The van der Waals surface area contributed by atoms with E-state index in [4.69, 9.17) is 5.11 Å². The predicted molar refractivity (Wildman–Crippen MR) is 48.1 cm³/mol. The van der Waals surface area contributed by atoms with Gasteiger partial charge in [0.2, 0.25) is 0 Å². The maximum Gasteiger partial charge on any atom is 0.369 e. The molecule has 1 aliphatic heterocycles. The Bertz CT molecular complexity index is 236. The second-order valence-electron chi connectivity index (χ2n) is 2.94. The zero-order valence-electron chi connectivity index (χ0n) is 7.69. The molecule has 13 heavy (non-hydrogen) atoms. The summed E-state index contributed by atoms with van der Waals surface area (Å²) in [5.74, 6) is 0. The molecule has 73 valence electrons. The lowest BCUT2D eigenvalue weighted by Crippen LogP contribution is -2.22. The van der Waals surface area contributed by atoms with E-state index in [1.54, 1.807) is 0 Å². The van der Waals surface area contributed by atoms with Crippen LogP contribution in [0.1, 0.15) is 32.6 Å². The molecule has 1 aliphatic rings. The Morgan fingerprint density at radius 2 is 2.31 bits per heavy atom. The van der Waals surface area contributed by atoms with Crippen LogP contribution in [0.15, 0.2) is 0 Å². The number of nitrogens with zero attached hydrogens (tertiary/aromatic N) is 2. The Morgan fingerprint density at radius 3 is 2.92 bits per heavy atom. The molecule has 1 heterocycles. The number of oxime groups is 1.